The highest BCUT2D eigenvalue weighted by Gasteiger charge is 2.65. The van der Waals surface area contributed by atoms with Gasteiger partial charge in [0, 0.05) is 54.3 Å². The van der Waals surface area contributed by atoms with Crippen LogP contribution in [0.2, 0.25) is 0 Å². The predicted octanol–water partition coefficient (Wildman–Crippen LogP) is 4.64. The number of hydrogen-bond acceptors (Lipinski definition) is 6. The number of alkyl halides is 3. The number of carbonyl (C=O) groups excluding carboxylic acids is 2. The van der Waals surface area contributed by atoms with E-state index >= 15 is 0 Å². The summed E-state index contributed by atoms with van der Waals surface area (Å²) in [5.74, 6) is -1.79. The van der Waals surface area contributed by atoms with Crippen LogP contribution in [-0.4, -0.2) is 89.4 Å². The van der Waals surface area contributed by atoms with E-state index in [1.54, 1.807) is 7.11 Å². The van der Waals surface area contributed by atoms with E-state index in [9.17, 15) is 22.8 Å². The minimum absolute atomic E-state index is 0.0537. The van der Waals surface area contributed by atoms with Crippen LogP contribution in [0.5, 0.6) is 5.75 Å². The summed E-state index contributed by atoms with van der Waals surface area (Å²) in [5, 5.41) is 19.0. The van der Waals surface area contributed by atoms with Crippen LogP contribution in [0.15, 0.2) is 60.7 Å². The highest BCUT2D eigenvalue weighted by Crippen LogP contribution is 2.65. The Kier molecular flexibility index (Phi) is 7.51. The topological polar surface area (TPSA) is 128 Å². The lowest BCUT2D eigenvalue weighted by atomic mass is 9.91. The zero-order chi connectivity index (χ0) is 32.1. The molecule has 0 unspecified atom stereocenters. The van der Waals surface area contributed by atoms with Crippen LogP contribution in [0, 0.1) is 0 Å². The molecular formula is C32H30F3N5O5. The smallest absolute Gasteiger partial charge is 0.490 e. The fourth-order valence-corrected chi connectivity index (χ4v) is 6.16. The molecule has 1 spiro atoms. The first-order valence-corrected chi connectivity index (χ1v) is 14.3. The molecule has 1 aromatic heterocycles. The van der Waals surface area contributed by atoms with Gasteiger partial charge in [-0.05, 0) is 61.0 Å². The van der Waals surface area contributed by atoms with E-state index in [4.69, 9.17) is 14.6 Å². The minimum atomic E-state index is -5.08. The summed E-state index contributed by atoms with van der Waals surface area (Å²) in [6.45, 7) is 3.26. The van der Waals surface area contributed by atoms with E-state index in [0.717, 1.165) is 77.3 Å². The molecule has 2 atom stereocenters. The molecule has 3 heterocycles. The van der Waals surface area contributed by atoms with Crippen LogP contribution in [0.25, 0.3) is 22.2 Å². The van der Waals surface area contributed by atoms with Crippen molar-refractivity contribution in [3.8, 4) is 17.0 Å². The second-order valence-corrected chi connectivity index (χ2v) is 11.5. The van der Waals surface area contributed by atoms with E-state index < -0.39 is 17.6 Å². The van der Waals surface area contributed by atoms with Gasteiger partial charge in [-0.15, -0.1) is 0 Å². The van der Waals surface area contributed by atoms with Gasteiger partial charge in [-0.25, -0.2) is 4.79 Å². The lowest BCUT2D eigenvalue weighted by Gasteiger charge is -2.32. The molecule has 2 aliphatic heterocycles. The Hall–Kier alpha value is -4.91. The first-order valence-electron chi connectivity index (χ1n) is 14.3. The number of amides is 2. The number of likely N-dealkylation sites (N-methyl/N-ethyl adjacent to an activating group) is 1. The number of piperazine rings is 1. The average Bonchev–Trinajstić information content (AvgIpc) is 3.55. The Labute approximate surface area is 255 Å². The summed E-state index contributed by atoms with van der Waals surface area (Å²) >= 11 is 0. The lowest BCUT2D eigenvalue weighted by Crippen LogP contribution is -2.47. The van der Waals surface area contributed by atoms with Crippen LogP contribution in [-0.2, 0) is 15.0 Å². The number of fused-ring (bicyclic) bond motifs is 3. The fourth-order valence-electron chi connectivity index (χ4n) is 6.16. The predicted molar refractivity (Wildman–Crippen MR) is 159 cm³/mol. The summed E-state index contributed by atoms with van der Waals surface area (Å²) in [6, 6.07) is 19.8. The molecule has 0 radical (unpaired) electrons. The first-order chi connectivity index (χ1) is 21.4. The van der Waals surface area contributed by atoms with Gasteiger partial charge in [-0.1, -0.05) is 24.3 Å². The number of methoxy groups -OCH3 is 1. The monoisotopic (exact) mass is 621 g/mol. The zero-order valence-electron chi connectivity index (χ0n) is 24.4. The van der Waals surface area contributed by atoms with Crippen molar-refractivity contribution in [3.63, 3.8) is 0 Å². The van der Waals surface area contributed by atoms with Crippen molar-refractivity contribution in [2.24, 2.45) is 0 Å². The first kappa shape index (κ1) is 30.1. The highest BCUT2D eigenvalue weighted by atomic mass is 19.4. The van der Waals surface area contributed by atoms with Crippen molar-refractivity contribution in [2.75, 3.05) is 45.7 Å². The van der Waals surface area contributed by atoms with Gasteiger partial charge in [0.25, 0.3) is 5.91 Å². The van der Waals surface area contributed by atoms with E-state index in [2.05, 4.69) is 45.7 Å². The van der Waals surface area contributed by atoms with Gasteiger partial charge in [0.05, 0.1) is 23.7 Å². The average molecular weight is 622 g/mol. The summed E-state index contributed by atoms with van der Waals surface area (Å²) in [6.07, 6.45) is -4.32. The van der Waals surface area contributed by atoms with E-state index in [-0.39, 0.29) is 17.7 Å². The summed E-state index contributed by atoms with van der Waals surface area (Å²) in [7, 11) is 3.73. The summed E-state index contributed by atoms with van der Waals surface area (Å²) < 4.78 is 37.2. The third-order valence-electron chi connectivity index (χ3n) is 8.73. The van der Waals surface area contributed by atoms with Crippen molar-refractivity contribution in [3.05, 3.63) is 77.4 Å². The van der Waals surface area contributed by atoms with Crippen LogP contribution >= 0.6 is 0 Å². The number of anilines is 1. The highest BCUT2D eigenvalue weighted by molar-refractivity contribution is 6.10. The number of nitrogens with one attached hydrogen (secondary N) is 2. The Balaban J connectivity index is 0.000000460. The molecule has 45 heavy (non-hydrogen) atoms. The molecule has 7 rings (SSSR count). The van der Waals surface area contributed by atoms with Crippen LogP contribution in [0.1, 0.15) is 33.8 Å². The lowest BCUT2D eigenvalue weighted by molar-refractivity contribution is -0.192. The number of ether oxygens (including phenoxy) is 1. The second kappa shape index (κ2) is 11.2. The van der Waals surface area contributed by atoms with Crippen molar-refractivity contribution in [1.82, 2.24) is 20.0 Å². The van der Waals surface area contributed by atoms with Crippen molar-refractivity contribution in [1.29, 1.82) is 0 Å². The van der Waals surface area contributed by atoms with Crippen LogP contribution in [0.4, 0.5) is 18.9 Å². The number of aromatic amines is 1. The van der Waals surface area contributed by atoms with Gasteiger partial charge in [-0.3, -0.25) is 14.7 Å². The molecular weight excluding hydrogens is 591 g/mol. The maximum atomic E-state index is 13.1. The van der Waals surface area contributed by atoms with Gasteiger partial charge in [-0.2, -0.15) is 18.3 Å². The molecule has 3 aromatic carbocycles. The largest absolute Gasteiger partial charge is 0.497 e. The quantitative estimate of drug-likeness (QED) is 0.303. The molecule has 2 fully saturated rings. The number of aliphatic carboxylic acids is 1. The van der Waals surface area contributed by atoms with E-state index in [1.807, 2.05) is 47.4 Å². The minimum Gasteiger partial charge on any atom is -0.497 e. The molecule has 0 bridgehead atoms. The normalized spacial score (nSPS) is 20.8. The van der Waals surface area contributed by atoms with Gasteiger partial charge in [0.15, 0.2) is 0 Å². The Morgan fingerprint density at radius 2 is 1.78 bits per heavy atom. The molecule has 1 saturated carbocycles. The standard InChI is InChI=1S/C30H29N5O3.C2HF3O2/c1-34-10-12-35(13-11-34)28(36)20-5-3-4-19(14-20)27-22-8-6-18(15-26(22)32-33-27)24-17-30(24)23-16-21(38-2)7-9-25(23)31-29(30)37;3-2(4,5)1(6)7/h3-9,14-16,24H,10-13,17H2,1-2H3,(H,31,37)(H,32,33);(H,6,7)/t24-,30-;/m0./s1. The molecule has 3 N–H and O–H groups in total. The second-order valence-electron chi connectivity index (χ2n) is 11.5. The van der Waals surface area contributed by atoms with E-state index in [0.29, 0.717) is 5.56 Å². The van der Waals surface area contributed by atoms with E-state index in [1.165, 1.54) is 0 Å². The number of carbonyl (C=O) groups is 3. The molecule has 3 aliphatic rings. The summed E-state index contributed by atoms with van der Waals surface area (Å²) in [4.78, 5) is 39.3. The molecule has 13 heteroatoms. The summed E-state index contributed by atoms with van der Waals surface area (Å²) in [5.41, 5.74) is 5.77. The maximum Gasteiger partial charge on any atom is 0.490 e. The number of H-pyrrole nitrogens is 1. The van der Waals surface area contributed by atoms with Gasteiger partial charge in [0.2, 0.25) is 5.91 Å². The van der Waals surface area contributed by atoms with Crippen molar-refractivity contribution < 1.29 is 37.4 Å². The Bertz CT molecular complexity index is 1810. The number of hydrogen-bond donors (Lipinski definition) is 3. The molecule has 1 aliphatic carbocycles. The number of carboxylic acid groups (broad SMARTS) is 1. The number of aromatic nitrogens is 2. The van der Waals surface area contributed by atoms with Crippen LogP contribution < -0.4 is 10.1 Å². The Morgan fingerprint density at radius 1 is 1.04 bits per heavy atom. The van der Waals surface area contributed by atoms with Gasteiger partial charge >= 0.3 is 12.1 Å². The fraction of sp³-hybridized carbons (Fsp3) is 0.312. The van der Waals surface area contributed by atoms with Crippen molar-refractivity contribution >= 4 is 34.4 Å². The molecule has 234 valence electrons. The van der Waals surface area contributed by atoms with Crippen molar-refractivity contribution in [2.45, 2.75) is 23.9 Å². The molecule has 2 amide bonds. The zero-order valence-corrected chi connectivity index (χ0v) is 24.4. The Morgan fingerprint density at radius 3 is 2.47 bits per heavy atom. The molecule has 4 aromatic rings. The molecule has 1 saturated heterocycles. The number of rotatable bonds is 4. The molecule has 10 nitrogen and oxygen atoms in total. The third kappa shape index (κ3) is 5.48. The van der Waals surface area contributed by atoms with Gasteiger partial charge in [0.1, 0.15) is 5.75 Å². The SMILES string of the molecule is COc1ccc2c(c1)[C@]1(C[C@H]1c1ccc3c(-c4cccc(C(=O)N5CCN(C)CC5)c4)n[nH]c3c1)C(=O)N2.O=C(O)C(F)(F)F. The number of carboxylic acids is 1. The van der Waals surface area contributed by atoms with Crippen LogP contribution in [0.3, 0.4) is 0 Å². The van der Waals surface area contributed by atoms with Gasteiger partial charge < -0.3 is 25.0 Å². The number of benzene rings is 3. The maximum absolute atomic E-state index is 13.1. The third-order valence-corrected chi connectivity index (χ3v) is 8.73. The number of halogens is 3. The number of nitrogens with zero attached hydrogens (tertiary/aromatic N) is 3.